The molecule has 4 rings (SSSR count). The van der Waals surface area contributed by atoms with Gasteiger partial charge in [0.15, 0.2) is 0 Å². The molecule has 28 heavy (non-hydrogen) atoms. The van der Waals surface area contributed by atoms with Gasteiger partial charge in [-0.15, -0.1) is 0 Å². The van der Waals surface area contributed by atoms with Crippen LogP contribution >= 0.6 is 0 Å². The maximum atomic E-state index is 12.5. The predicted octanol–water partition coefficient (Wildman–Crippen LogP) is 3.24. The lowest BCUT2D eigenvalue weighted by Gasteiger charge is -2.56. The van der Waals surface area contributed by atoms with Gasteiger partial charge in [-0.05, 0) is 52.2 Å². The van der Waals surface area contributed by atoms with Gasteiger partial charge in [0.1, 0.15) is 5.60 Å². The Morgan fingerprint density at radius 2 is 1.96 bits per heavy atom. The zero-order valence-electron chi connectivity index (χ0n) is 17.0. The zero-order valence-corrected chi connectivity index (χ0v) is 17.0. The quantitative estimate of drug-likeness (QED) is 0.814. The number of likely N-dealkylation sites (tertiary alicyclic amines) is 2. The molecule has 3 heterocycles. The van der Waals surface area contributed by atoms with E-state index in [9.17, 15) is 4.79 Å². The van der Waals surface area contributed by atoms with Crippen LogP contribution in [-0.2, 0) is 11.3 Å². The molecule has 1 amide bonds. The minimum Gasteiger partial charge on any atom is -0.444 e. The average molecular weight is 383 g/mol. The summed E-state index contributed by atoms with van der Waals surface area (Å²) < 4.78 is 5.59. The second-order valence-electron chi connectivity index (χ2n) is 8.86. The van der Waals surface area contributed by atoms with Crippen LogP contribution < -0.4 is 0 Å². The van der Waals surface area contributed by atoms with E-state index in [0.717, 1.165) is 56.8 Å². The lowest BCUT2D eigenvalue weighted by atomic mass is 9.77. The fraction of sp³-hybridized carbons (Fsp3) is 0.571. The molecular formula is C21H29N5O2. The second-order valence-corrected chi connectivity index (χ2v) is 8.86. The van der Waals surface area contributed by atoms with Gasteiger partial charge in [0.05, 0.1) is 17.6 Å². The van der Waals surface area contributed by atoms with E-state index in [4.69, 9.17) is 4.74 Å². The Hall–Kier alpha value is -2.41. The molecular weight excluding hydrogens is 354 g/mol. The van der Waals surface area contributed by atoms with E-state index in [2.05, 4.69) is 15.1 Å². The number of aromatic nitrogens is 3. The Balaban J connectivity index is 1.41. The number of carbonyl (C=O) groups is 1. The Bertz CT molecular complexity index is 829. The van der Waals surface area contributed by atoms with Crippen molar-refractivity contribution in [2.75, 3.05) is 19.6 Å². The zero-order chi connectivity index (χ0) is 19.8. The summed E-state index contributed by atoms with van der Waals surface area (Å²) in [6.45, 7) is 9.03. The maximum absolute atomic E-state index is 12.5. The van der Waals surface area contributed by atoms with E-state index in [0.29, 0.717) is 0 Å². The van der Waals surface area contributed by atoms with Crippen LogP contribution in [-0.4, -0.2) is 61.7 Å². The van der Waals surface area contributed by atoms with E-state index in [1.807, 2.05) is 62.2 Å². The van der Waals surface area contributed by atoms with Crippen molar-refractivity contribution in [1.29, 1.82) is 0 Å². The molecule has 1 atom stereocenters. The third-order valence-electron chi connectivity index (χ3n) is 5.60. The SMILES string of the molecule is CC(C)(C)OC(=O)N1CCC[C@@]2(CCN2Cc2cnn(-c3ccccc3)n2)C1. The Morgan fingerprint density at radius 3 is 2.64 bits per heavy atom. The van der Waals surface area contributed by atoms with Gasteiger partial charge in [-0.1, -0.05) is 18.2 Å². The summed E-state index contributed by atoms with van der Waals surface area (Å²) in [5, 5.41) is 9.05. The fourth-order valence-electron chi connectivity index (χ4n) is 4.14. The van der Waals surface area contributed by atoms with Gasteiger partial charge in [-0.3, -0.25) is 4.90 Å². The van der Waals surface area contributed by atoms with Crippen molar-refractivity contribution in [3.05, 3.63) is 42.2 Å². The normalized spacial score (nSPS) is 22.9. The molecule has 0 N–H and O–H groups in total. The van der Waals surface area contributed by atoms with Crippen molar-refractivity contribution in [1.82, 2.24) is 24.8 Å². The van der Waals surface area contributed by atoms with Gasteiger partial charge >= 0.3 is 6.09 Å². The van der Waals surface area contributed by atoms with E-state index in [1.54, 1.807) is 4.80 Å². The van der Waals surface area contributed by atoms with E-state index in [-0.39, 0.29) is 11.6 Å². The third-order valence-corrected chi connectivity index (χ3v) is 5.60. The first-order chi connectivity index (χ1) is 13.3. The number of ether oxygens (including phenoxy) is 1. The number of para-hydroxylation sites is 1. The number of carbonyl (C=O) groups excluding carboxylic acids is 1. The highest BCUT2D eigenvalue weighted by Gasteiger charge is 2.48. The van der Waals surface area contributed by atoms with Crippen LogP contribution in [0.2, 0.25) is 0 Å². The molecule has 0 unspecified atom stereocenters. The van der Waals surface area contributed by atoms with Gasteiger partial charge in [-0.2, -0.15) is 15.0 Å². The van der Waals surface area contributed by atoms with Gasteiger partial charge in [0, 0.05) is 31.7 Å². The summed E-state index contributed by atoms with van der Waals surface area (Å²) >= 11 is 0. The van der Waals surface area contributed by atoms with Crippen LogP contribution in [0.15, 0.2) is 36.5 Å². The Labute approximate surface area is 166 Å². The van der Waals surface area contributed by atoms with Crippen molar-refractivity contribution in [2.24, 2.45) is 0 Å². The Morgan fingerprint density at radius 1 is 1.18 bits per heavy atom. The van der Waals surface area contributed by atoms with Crippen LogP contribution in [0, 0.1) is 0 Å². The molecule has 1 aromatic heterocycles. The number of amides is 1. The summed E-state index contributed by atoms with van der Waals surface area (Å²) in [6, 6.07) is 9.94. The van der Waals surface area contributed by atoms with Crippen LogP contribution in [0.1, 0.15) is 45.7 Å². The number of hydrogen-bond acceptors (Lipinski definition) is 5. The highest BCUT2D eigenvalue weighted by Crippen LogP contribution is 2.39. The van der Waals surface area contributed by atoms with Gasteiger partial charge in [0.2, 0.25) is 0 Å². The summed E-state index contributed by atoms with van der Waals surface area (Å²) in [6.07, 6.45) is 4.87. The predicted molar refractivity (Wildman–Crippen MR) is 106 cm³/mol. The molecule has 2 aromatic rings. The van der Waals surface area contributed by atoms with Crippen LogP contribution in [0.4, 0.5) is 4.79 Å². The van der Waals surface area contributed by atoms with Crippen molar-refractivity contribution in [3.63, 3.8) is 0 Å². The van der Waals surface area contributed by atoms with Crippen LogP contribution in [0.25, 0.3) is 5.69 Å². The molecule has 150 valence electrons. The molecule has 7 nitrogen and oxygen atoms in total. The lowest BCUT2D eigenvalue weighted by Crippen LogP contribution is -2.67. The first-order valence-corrected chi connectivity index (χ1v) is 10.0. The first kappa shape index (κ1) is 18.9. The number of nitrogens with zero attached hydrogens (tertiary/aromatic N) is 5. The largest absolute Gasteiger partial charge is 0.444 e. The van der Waals surface area contributed by atoms with Crippen LogP contribution in [0.3, 0.4) is 0 Å². The van der Waals surface area contributed by atoms with Gasteiger partial charge in [-0.25, -0.2) is 4.79 Å². The fourth-order valence-corrected chi connectivity index (χ4v) is 4.14. The highest BCUT2D eigenvalue weighted by atomic mass is 16.6. The molecule has 1 aromatic carbocycles. The van der Waals surface area contributed by atoms with Crippen molar-refractivity contribution in [2.45, 2.75) is 57.7 Å². The molecule has 2 saturated heterocycles. The van der Waals surface area contributed by atoms with Gasteiger partial charge < -0.3 is 9.64 Å². The number of hydrogen-bond donors (Lipinski definition) is 0. The minimum absolute atomic E-state index is 0.0473. The summed E-state index contributed by atoms with van der Waals surface area (Å²) in [7, 11) is 0. The molecule has 2 fully saturated rings. The molecule has 0 aliphatic carbocycles. The Kier molecular flexibility index (Phi) is 4.87. The van der Waals surface area contributed by atoms with Gasteiger partial charge in [0.25, 0.3) is 0 Å². The maximum Gasteiger partial charge on any atom is 0.410 e. The van der Waals surface area contributed by atoms with E-state index >= 15 is 0 Å². The lowest BCUT2D eigenvalue weighted by molar-refractivity contribution is -0.0750. The molecule has 0 radical (unpaired) electrons. The molecule has 2 aliphatic rings. The standard InChI is InChI=1S/C21H29N5O2/c1-20(2,3)28-19(27)24-12-7-10-21(16-24)11-13-25(21)15-17-14-22-26(23-17)18-8-5-4-6-9-18/h4-6,8-9,14H,7,10-13,15-16H2,1-3H3/t21-/m1/s1. The van der Waals surface area contributed by atoms with Crippen molar-refractivity contribution < 1.29 is 9.53 Å². The molecule has 2 aliphatic heterocycles. The second kappa shape index (κ2) is 7.20. The number of benzene rings is 1. The summed E-state index contributed by atoms with van der Waals surface area (Å²) in [5.74, 6) is 0. The topological polar surface area (TPSA) is 63.5 Å². The summed E-state index contributed by atoms with van der Waals surface area (Å²) in [4.78, 5) is 18.5. The number of rotatable bonds is 3. The number of piperidine rings is 1. The average Bonchev–Trinajstić information content (AvgIpc) is 3.14. The smallest absolute Gasteiger partial charge is 0.410 e. The summed E-state index contributed by atoms with van der Waals surface area (Å²) in [5.41, 5.74) is 1.50. The first-order valence-electron chi connectivity index (χ1n) is 10.0. The van der Waals surface area contributed by atoms with E-state index < -0.39 is 5.60 Å². The molecule has 7 heteroatoms. The molecule has 0 bridgehead atoms. The van der Waals surface area contributed by atoms with Crippen molar-refractivity contribution in [3.8, 4) is 5.69 Å². The third kappa shape index (κ3) is 3.90. The highest BCUT2D eigenvalue weighted by molar-refractivity contribution is 5.68. The van der Waals surface area contributed by atoms with Crippen molar-refractivity contribution >= 4 is 6.09 Å². The minimum atomic E-state index is -0.461. The molecule has 0 saturated carbocycles. The van der Waals surface area contributed by atoms with E-state index in [1.165, 1.54) is 0 Å². The van der Waals surface area contributed by atoms with Crippen LogP contribution in [0.5, 0.6) is 0 Å². The monoisotopic (exact) mass is 383 g/mol. The molecule has 1 spiro atoms.